The molecule has 0 rings (SSSR count). The van der Waals surface area contributed by atoms with Gasteiger partial charge < -0.3 is 33.8 Å². The molecule has 0 aromatic rings. The number of aliphatic hydroxyl groups excluding tert-OH is 1. The molecule has 558 valence electrons. The second-order valence-electron chi connectivity index (χ2n) is 28.9. The molecule has 94 heavy (non-hydrogen) atoms. The number of ether oxygens (including phenoxy) is 4. The summed E-state index contributed by atoms with van der Waals surface area (Å²) >= 11 is 0. The lowest BCUT2D eigenvalue weighted by Gasteiger charge is -2.21. The maximum Gasteiger partial charge on any atom is 0.472 e. The van der Waals surface area contributed by atoms with Gasteiger partial charge in [0.1, 0.15) is 19.3 Å². The van der Waals surface area contributed by atoms with Crippen molar-refractivity contribution in [3.63, 3.8) is 0 Å². The predicted octanol–water partition coefficient (Wildman–Crippen LogP) is 21.7. The summed E-state index contributed by atoms with van der Waals surface area (Å²) in [6.07, 6.45) is 48.7. The van der Waals surface area contributed by atoms with Gasteiger partial charge in [0.25, 0.3) is 0 Å². The van der Waals surface area contributed by atoms with Crippen molar-refractivity contribution in [1.29, 1.82) is 0 Å². The molecule has 0 aromatic carbocycles. The standard InChI is InChI=1S/C75H146O17P2/c1-65(2)51-43-35-27-21-15-12-10-9-11-13-17-25-31-41-49-57-74(79)91-70(61-85-72(77)55-47-39-30-24-20-19-23-29-37-45-53-67(5)6)63-89-93(81,82)87-59-69(76)60-88-94(83,84)90-64-71(62-86-73(78)56-48-40-34-33-38-46-54-68(7)8)92-75(80)58-50-42-32-26-18-14-16-22-28-36-44-52-66(3)4/h65-71,76H,9-64H2,1-8H3,(H,81,82)(H,83,84)/t69-,70-,71-/m1/s1. The maximum atomic E-state index is 13.1. The molecule has 0 saturated carbocycles. The summed E-state index contributed by atoms with van der Waals surface area (Å²) < 4.78 is 68.5. The van der Waals surface area contributed by atoms with Gasteiger partial charge in [-0.15, -0.1) is 0 Å². The Balaban J connectivity index is 5.23. The average molecular weight is 1380 g/mol. The molecular weight excluding hydrogens is 1230 g/mol. The quantitative estimate of drug-likeness (QED) is 0.0222. The van der Waals surface area contributed by atoms with Gasteiger partial charge in [-0.2, -0.15) is 0 Å². The second-order valence-corrected chi connectivity index (χ2v) is 31.9. The third-order valence-electron chi connectivity index (χ3n) is 17.3. The number of aliphatic hydroxyl groups is 1. The van der Waals surface area contributed by atoms with Crippen molar-refractivity contribution in [1.82, 2.24) is 0 Å². The summed E-state index contributed by atoms with van der Waals surface area (Å²) in [5.41, 5.74) is 0. The molecule has 0 saturated heterocycles. The fourth-order valence-corrected chi connectivity index (χ4v) is 13.0. The zero-order chi connectivity index (χ0) is 69.6. The Bertz CT molecular complexity index is 1850. The Hall–Kier alpha value is -1.94. The lowest BCUT2D eigenvalue weighted by Crippen LogP contribution is -2.30. The lowest BCUT2D eigenvalue weighted by atomic mass is 10.0. The lowest BCUT2D eigenvalue weighted by molar-refractivity contribution is -0.161. The van der Waals surface area contributed by atoms with Gasteiger partial charge in [0.15, 0.2) is 12.2 Å². The molecular formula is C75H146O17P2. The van der Waals surface area contributed by atoms with Crippen LogP contribution in [0.15, 0.2) is 0 Å². The SMILES string of the molecule is CC(C)CCCCCCCCCCCCCCCCCC(=O)O[C@H](COC(=O)CCCCCCCCCCCCC(C)C)COP(=O)(O)OC[C@@H](O)COP(=O)(O)OC[C@@H](COC(=O)CCCCCCCCC(C)C)OC(=O)CCCCCCCCCCCCCC(C)C. The van der Waals surface area contributed by atoms with Crippen LogP contribution in [0.2, 0.25) is 0 Å². The molecule has 5 atom stereocenters. The number of carbonyl (C=O) groups is 4. The molecule has 0 amide bonds. The largest absolute Gasteiger partial charge is 0.472 e. The van der Waals surface area contributed by atoms with Crippen LogP contribution in [0.4, 0.5) is 0 Å². The Morgan fingerprint density at radius 2 is 0.447 bits per heavy atom. The molecule has 0 heterocycles. The number of phosphoric acid groups is 2. The van der Waals surface area contributed by atoms with Crippen LogP contribution in [0, 0.1) is 23.7 Å². The monoisotopic (exact) mass is 1380 g/mol. The summed E-state index contributed by atoms with van der Waals surface area (Å²) in [6.45, 7) is 14.1. The number of phosphoric ester groups is 2. The van der Waals surface area contributed by atoms with Crippen LogP contribution in [-0.2, 0) is 65.4 Å². The Kier molecular flexibility index (Phi) is 63.1. The first-order chi connectivity index (χ1) is 45.1. The van der Waals surface area contributed by atoms with E-state index in [2.05, 4.69) is 55.4 Å². The topological polar surface area (TPSA) is 237 Å². The predicted molar refractivity (Wildman–Crippen MR) is 381 cm³/mol. The number of hydrogen-bond acceptors (Lipinski definition) is 15. The highest BCUT2D eigenvalue weighted by atomic mass is 31.2. The van der Waals surface area contributed by atoms with Crippen LogP contribution in [0.5, 0.6) is 0 Å². The van der Waals surface area contributed by atoms with Crippen LogP contribution in [0.3, 0.4) is 0 Å². The van der Waals surface area contributed by atoms with E-state index in [-0.39, 0.29) is 25.7 Å². The summed E-state index contributed by atoms with van der Waals surface area (Å²) in [6, 6.07) is 0. The molecule has 0 aliphatic carbocycles. The van der Waals surface area contributed by atoms with Crippen molar-refractivity contribution in [2.45, 2.75) is 395 Å². The molecule has 0 radical (unpaired) electrons. The van der Waals surface area contributed by atoms with E-state index < -0.39 is 97.5 Å². The number of carbonyl (C=O) groups excluding carboxylic acids is 4. The van der Waals surface area contributed by atoms with E-state index in [9.17, 15) is 43.2 Å². The number of rotatable bonds is 72. The molecule has 17 nitrogen and oxygen atoms in total. The molecule has 0 aliphatic heterocycles. The minimum absolute atomic E-state index is 0.105. The van der Waals surface area contributed by atoms with E-state index in [1.54, 1.807) is 0 Å². The molecule has 0 fully saturated rings. The van der Waals surface area contributed by atoms with Crippen molar-refractivity contribution in [3.8, 4) is 0 Å². The van der Waals surface area contributed by atoms with E-state index in [0.29, 0.717) is 31.6 Å². The third-order valence-corrected chi connectivity index (χ3v) is 19.2. The van der Waals surface area contributed by atoms with Crippen molar-refractivity contribution >= 4 is 39.5 Å². The van der Waals surface area contributed by atoms with Crippen LogP contribution in [-0.4, -0.2) is 96.7 Å². The average Bonchev–Trinajstić information content (AvgIpc) is 1.39. The molecule has 3 N–H and O–H groups in total. The first kappa shape index (κ1) is 92.1. The summed E-state index contributed by atoms with van der Waals surface area (Å²) in [4.78, 5) is 72.7. The van der Waals surface area contributed by atoms with Crippen molar-refractivity contribution in [3.05, 3.63) is 0 Å². The van der Waals surface area contributed by atoms with Crippen LogP contribution >= 0.6 is 15.6 Å². The summed E-state index contributed by atoms with van der Waals surface area (Å²) in [5, 5.41) is 10.6. The van der Waals surface area contributed by atoms with Crippen molar-refractivity contribution in [2.75, 3.05) is 39.6 Å². The van der Waals surface area contributed by atoms with E-state index in [1.807, 2.05) is 0 Å². The number of esters is 4. The molecule has 0 bridgehead atoms. The number of hydrogen-bond donors (Lipinski definition) is 3. The Morgan fingerprint density at radius 3 is 0.660 bits per heavy atom. The number of unbranched alkanes of at least 4 members (excludes halogenated alkanes) is 38. The highest BCUT2D eigenvalue weighted by molar-refractivity contribution is 7.47. The zero-order valence-electron chi connectivity index (χ0n) is 61.6. The first-order valence-electron chi connectivity index (χ1n) is 38.7. The van der Waals surface area contributed by atoms with Gasteiger partial charge in [0, 0.05) is 25.7 Å². The molecule has 0 spiro atoms. The normalized spacial score (nSPS) is 14.2. The smallest absolute Gasteiger partial charge is 0.462 e. The van der Waals surface area contributed by atoms with E-state index >= 15 is 0 Å². The molecule has 0 aromatic heterocycles. The van der Waals surface area contributed by atoms with Crippen molar-refractivity contribution in [2.24, 2.45) is 23.7 Å². The Labute approximate surface area is 575 Å². The maximum absolute atomic E-state index is 13.1. The fourth-order valence-electron chi connectivity index (χ4n) is 11.4. The van der Waals surface area contributed by atoms with Crippen LogP contribution < -0.4 is 0 Å². The van der Waals surface area contributed by atoms with E-state index in [0.717, 1.165) is 114 Å². The van der Waals surface area contributed by atoms with Gasteiger partial charge in [-0.3, -0.25) is 37.3 Å². The Morgan fingerprint density at radius 1 is 0.266 bits per heavy atom. The second kappa shape index (κ2) is 64.4. The highest BCUT2D eigenvalue weighted by Gasteiger charge is 2.30. The molecule has 19 heteroatoms. The summed E-state index contributed by atoms with van der Waals surface area (Å²) in [5.74, 6) is 0.882. The fraction of sp³-hybridized carbons (Fsp3) is 0.947. The minimum atomic E-state index is -4.96. The van der Waals surface area contributed by atoms with E-state index in [4.69, 9.17) is 37.0 Å². The van der Waals surface area contributed by atoms with Gasteiger partial charge >= 0.3 is 39.5 Å². The van der Waals surface area contributed by atoms with Crippen LogP contribution in [0.1, 0.15) is 376 Å². The zero-order valence-corrected chi connectivity index (χ0v) is 63.4. The van der Waals surface area contributed by atoms with Gasteiger partial charge in [0.2, 0.25) is 0 Å². The minimum Gasteiger partial charge on any atom is -0.462 e. The van der Waals surface area contributed by atoms with Crippen LogP contribution in [0.25, 0.3) is 0 Å². The molecule has 2 unspecified atom stereocenters. The van der Waals surface area contributed by atoms with Gasteiger partial charge in [0.05, 0.1) is 26.4 Å². The summed E-state index contributed by atoms with van der Waals surface area (Å²) in [7, 11) is -9.91. The highest BCUT2D eigenvalue weighted by Crippen LogP contribution is 2.45. The van der Waals surface area contributed by atoms with E-state index in [1.165, 1.54) is 173 Å². The third kappa shape index (κ3) is 68.6. The first-order valence-corrected chi connectivity index (χ1v) is 41.7. The van der Waals surface area contributed by atoms with Gasteiger partial charge in [-0.1, -0.05) is 325 Å². The van der Waals surface area contributed by atoms with Crippen molar-refractivity contribution < 1.29 is 80.2 Å². The molecule has 0 aliphatic rings. The van der Waals surface area contributed by atoms with Gasteiger partial charge in [-0.25, -0.2) is 9.13 Å². The van der Waals surface area contributed by atoms with Gasteiger partial charge in [-0.05, 0) is 49.4 Å².